The van der Waals surface area contributed by atoms with Crippen LogP contribution in [0.4, 0.5) is 4.79 Å². The van der Waals surface area contributed by atoms with Crippen molar-refractivity contribution >= 4 is 6.03 Å². The number of likely N-dealkylation sites (N-methyl/N-ethyl adjacent to an activating group) is 1. The van der Waals surface area contributed by atoms with Crippen LogP contribution in [0.2, 0.25) is 0 Å². The summed E-state index contributed by atoms with van der Waals surface area (Å²) < 4.78 is 0. The number of urea groups is 1. The Kier molecular flexibility index (Phi) is 4.56. The maximum atomic E-state index is 11.4. The van der Waals surface area contributed by atoms with Crippen LogP contribution < -0.4 is 10.6 Å². The first-order chi connectivity index (χ1) is 7.39. The summed E-state index contributed by atoms with van der Waals surface area (Å²) in [5.41, 5.74) is -0.888. The van der Waals surface area contributed by atoms with E-state index in [0.717, 1.165) is 12.8 Å². The summed E-state index contributed by atoms with van der Waals surface area (Å²) in [4.78, 5) is 13.3. The molecule has 5 nitrogen and oxygen atoms in total. The van der Waals surface area contributed by atoms with Crippen LogP contribution in [0.15, 0.2) is 0 Å². The lowest BCUT2D eigenvalue weighted by Gasteiger charge is -2.29. The Morgan fingerprint density at radius 3 is 2.56 bits per heavy atom. The van der Waals surface area contributed by atoms with Gasteiger partial charge in [-0.25, -0.2) is 4.79 Å². The molecule has 1 fully saturated rings. The molecule has 3 N–H and O–H groups in total. The topological polar surface area (TPSA) is 64.6 Å². The van der Waals surface area contributed by atoms with Gasteiger partial charge in [-0.1, -0.05) is 0 Å². The van der Waals surface area contributed by atoms with E-state index in [1.807, 2.05) is 19.0 Å². The highest BCUT2D eigenvalue weighted by Crippen LogP contribution is 2.17. The van der Waals surface area contributed by atoms with Crippen LogP contribution in [-0.4, -0.2) is 54.9 Å². The molecule has 0 aromatic carbocycles. The fourth-order valence-corrected chi connectivity index (χ4v) is 1.80. The van der Waals surface area contributed by atoms with Crippen molar-refractivity contribution in [3.05, 3.63) is 0 Å². The standard InChI is InChI=1S/C11H23N3O2/c1-11(16,8-14(2)3)7-12-10(15)13-9-5-4-6-9/h9,16H,4-8H2,1-3H3,(H2,12,13,15). The molecule has 0 spiro atoms. The zero-order chi connectivity index (χ0) is 12.2. The minimum atomic E-state index is -0.888. The first kappa shape index (κ1) is 13.3. The zero-order valence-electron chi connectivity index (χ0n) is 10.4. The van der Waals surface area contributed by atoms with Gasteiger partial charge in [0.15, 0.2) is 0 Å². The number of aliphatic hydroxyl groups is 1. The van der Waals surface area contributed by atoms with E-state index in [0.29, 0.717) is 12.6 Å². The molecule has 1 atom stereocenters. The molecule has 0 aliphatic heterocycles. The van der Waals surface area contributed by atoms with E-state index in [4.69, 9.17) is 0 Å². The van der Waals surface area contributed by atoms with Crippen molar-refractivity contribution in [2.24, 2.45) is 0 Å². The summed E-state index contributed by atoms with van der Waals surface area (Å²) in [6.45, 7) is 2.51. The van der Waals surface area contributed by atoms with Crippen LogP contribution in [0, 0.1) is 0 Å². The Bertz CT molecular complexity index is 237. The Morgan fingerprint density at radius 1 is 1.50 bits per heavy atom. The minimum absolute atomic E-state index is 0.177. The lowest BCUT2D eigenvalue weighted by Crippen LogP contribution is -2.51. The number of rotatable bonds is 5. The number of carbonyl (C=O) groups excluding carboxylic acids is 1. The van der Waals surface area contributed by atoms with Gasteiger partial charge < -0.3 is 20.6 Å². The second-order valence-corrected chi connectivity index (χ2v) is 5.19. The van der Waals surface area contributed by atoms with Crippen LogP contribution in [0.1, 0.15) is 26.2 Å². The fourth-order valence-electron chi connectivity index (χ4n) is 1.80. The van der Waals surface area contributed by atoms with Crippen LogP contribution in [0.25, 0.3) is 0 Å². The molecule has 1 aliphatic rings. The highest BCUT2D eigenvalue weighted by atomic mass is 16.3. The number of nitrogens with zero attached hydrogens (tertiary/aromatic N) is 1. The van der Waals surface area contributed by atoms with Gasteiger partial charge in [0.1, 0.15) is 0 Å². The number of carbonyl (C=O) groups is 1. The highest BCUT2D eigenvalue weighted by molar-refractivity contribution is 5.74. The number of hydrogen-bond donors (Lipinski definition) is 3. The van der Waals surface area contributed by atoms with E-state index in [9.17, 15) is 9.90 Å². The lowest BCUT2D eigenvalue weighted by molar-refractivity contribution is 0.0358. The number of nitrogens with one attached hydrogen (secondary N) is 2. The van der Waals surface area contributed by atoms with Gasteiger partial charge in [0.05, 0.1) is 5.60 Å². The first-order valence-corrected chi connectivity index (χ1v) is 5.80. The second kappa shape index (κ2) is 5.50. The van der Waals surface area contributed by atoms with E-state index in [2.05, 4.69) is 10.6 Å². The quantitative estimate of drug-likeness (QED) is 0.629. The maximum absolute atomic E-state index is 11.4. The van der Waals surface area contributed by atoms with Gasteiger partial charge in [0.2, 0.25) is 0 Å². The van der Waals surface area contributed by atoms with Gasteiger partial charge in [0, 0.05) is 19.1 Å². The Balaban J connectivity index is 2.18. The molecule has 2 amide bonds. The second-order valence-electron chi connectivity index (χ2n) is 5.19. The third-order valence-electron chi connectivity index (χ3n) is 2.73. The molecule has 0 aromatic heterocycles. The van der Waals surface area contributed by atoms with Crippen molar-refractivity contribution in [3.63, 3.8) is 0 Å². The average molecular weight is 229 g/mol. The SMILES string of the molecule is CN(C)CC(C)(O)CNC(=O)NC1CCC1. The Hall–Kier alpha value is -0.810. The van der Waals surface area contributed by atoms with Gasteiger partial charge in [-0.05, 0) is 40.3 Å². The first-order valence-electron chi connectivity index (χ1n) is 5.80. The molecule has 5 heteroatoms. The van der Waals surface area contributed by atoms with Crippen LogP contribution in [-0.2, 0) is 0 Å². The number of hydrogen-bond acceptors (Lipinski definition) is 3. The molecule has 0 bridgehead atoms. The van der Waals surface area contributed by atoms with Crippen LogP contribution >= 0.6 is 0 Å². The van der Waals surface area contributed by atoms with Crippen molar-refractivity contribution in [2.45, 2.75) is 37.8 Å². The molecular formula is C11H23N3O2. The predicted octanol–water partition coefficient (Wildman–Crippen LogP) is 0.151. The van der Waals surface area contributed by atoms with E-state index in [1.54, 1.807) is 6.92 Å². The summed E-state index contributed by atoms with van der Waals surface area (Å²) in [7, 11) is 3.78. The molecule has 1 rings (SSSR count). The third-order valence-corrected chi connectivity index (χ3v) is 2.73. The average Bonchev–Trinajstić information content (AvgIpc) is 2.06. The van der Waals surface area contributed by atoms with E-state index in [1.165, 1.54) is 6.42 Å². The molecular weight excluding hydrogens is 206 g/mol. The van der Waals surface area contributed by atoms with Crippen LogP contribution in [0.5, 0.6) is 0 Å². The van der Waals surface area contributed by atoms with Gasteiger partial charge in [-0.15, -0.1) is 0 Å². The van der Waals surface area contributed by atoms with Crippen molar-refractivity contribution in [2.75, 3.05) is 27.2 Å². The number of amides is 2. The van der Waals surface area contributed by atoms with E-state index >= 15 is 0 Å². The van der Waals surface area contributed by atoms with Gasteiger partial charge in [-0.2, -0.15) is 0 Å². The molecule has 0 heterocycles. The van der Waals surface area contributed by atoms with E-state index < -0.39 is 5.60 Å². The summed E-state index contributed by atoms with van der Waals surface area (Å²) in [6, 6.07) is 0.155. The zero-order valence-corrected chi connectivity index (χ0v) is 10.4. The molecule has 0 aromatic rings. The molecule has 0 saturated heterocycles. The summed E-state index contributed by atoms with van der Waals surface area (Å²) in [5, 5.41) is 15.5. The van der Waals surface area contributed by atoms with Crippen LogP contribution in [0.3, 0.4) is 0 Å². The molecule has 1 aliphatic carbocycles. The van der Waals surface area contributed by atoms with E-state index in [-0.39, 0.29) is 12.6 Å². The van der Waals surface area contributed by atoms with Gasteiger partial charge in [-0.3, -0.25) is 0 Å². The lowest BCUT2D eigenvalue weighted by atomic mass is 9.93. The monoisotopic (exact) mass is 229 g/mol. The van der Waals surface area contributed by atoms with Crippen molar-refractivity contribution in [3.8, 4) is 0 Å². The van der Waals surface area contributed by atoms with Crippen molar-refractivity contribution < 1.29 is 9.90 Å². The minimum Gasteiger partial charge on any atom is -0.387 e. The predicted molar refractivity (Wildman–Crippen MR) is 63.4 cm³/mol. The molecule has 1 saturated carbocycles. The normalized spacial score (nSPS) is 20.1. The molecule has 16 heavy (non-hydrogen) atoms. The molecule has 1 unspecified atom stereocenters. The van der Waals surface area contributed by atoms with Crippen molar-refractivity contribution in [1.82, 2.24) is 15.5 Å². The highest BCUT2D eigenvalue weighted by Gasteiger charge is 2.24. The van der Waals surface area contributed by atoms with Gasteiger partial charge >= 0.3 is 6.03 Å². The summed E-state index contributed by atoms with van der Waals surface area (Å²) >= 11 is 0. The van der Waals surface area contributed by atoms with Gasteiger partial charge in [0.25, 0.3) is 0 Å². The molecule has 94 valence electrons. The molecule has 0 radical (unpaired) electrons. The fraction of sp³-hybridized carbons (Fsp3) is 0.909. The summed E-state index contributed by atoms with van der Waals surface area (Å²) in [5.74, 6) is 0. The third kappa shape index (κ3) is 4.81. The Morgan fingerprint density at radius 2 is 2.12 bits per heavy atom. The largest absolute Gasteiger partial charge is 0.387 e. The summed E-state index contributed by atoms with van der Waals surface area (Å²) in [6.07, 6.45) is 3.34. The smallest absolute Gasteiger partial charge is 0.315 e. The maximum Gasteiger partial charge on any atom is 0.315 e. The Labute approximate surface area is 97.2 Å². The van der Waals surface area contributed by atoms with Crippen molar-refractivity contribution in [1.29, 1.82) is 0 Å².